The summed E-state index contributed by atoms with van der Waals surface area (Å²) in [5.74, 6) is -0.761. The largest absolute Gasteiger partial charge is 0.323 e. The van der Waals surface area contributed by atoms with Gasteiger partial charge in [0.2, 0.25) is 5.91 Å². The molecule has 2 aromatic heterocycles. The monoisotopic (exact) mass is 491 g/mol. The standard InChI is InChI=1S/C20H12BrClFN3O2S/c21-12-3-6-16(15(22)7-12)25-17(27)8-26-10-24-19-18(20(26)28)14(9-29-19)11-1-4-13(23)5-2-11/h1-7,9-10H,8H2,(H,25,27). The van der Waals surface area contributed by atoms with Crippen LogP contribution in [0.4, 0.5) is 10.1 Å². The summed E-state index contributed by atoms with van der Waals surface area (Å²) in [4.78, 5) is 30.3. The maximum Gasteiger partial charge on any atom is 0.263 e. The normalized spacial score (nSPS) is 11.0. The molecule has 0 aliphatic carbocycles. The van der Waals surface area contributed by atoms with Gasteiger partial charge in [-0.3, -0.25) is 14.2 Å². The van der Waals surface area contributed by atoms with Gasteiger partial charge >= 0.3 is 0 Å². The van der Waals surface area contributed by atoms with E-state index in [1.807, 2.05) is 0 Å². The number of nitrogens with zero attached hydrogens (tertiary/aromatic N) is 2. The molecule has 0 aliphatic rings. The Morgan fingerprint density at radius 3 is 2.72 bits per heavy atom. The van der Waals surface area contributed by atoms with Crippen molar-refractivity contribution in [3.63, 3.8) is 0 Å². The van der Waals surface area contributed by atoms with Gasteiger partial charge in [0.15, 0.2) is 0 Å². The molecule has 4 aromatic rings. The van der Waals surface area contributed by atoms with Crippen molar-refractivity contribution in [2.75, 3.05) is 5.32 Å². The van der Waals surface area contributed by atoms with Crippen molar-refractivity contribution in [1.82, 2.24) is 9.55 Å². The number of rotatable bonds is 4. The molecule has 0 atom stereocenters. The summed E-state index contributed by atoms with van der Waals surface area (Å²) in [6, 6.07) is 11.0. The Morgan fingerprint density at radius 2 is 2.00 bits per heavy atom. The summed E-state index contributed by atoms with van der Waals surface area (Å²) in [6.07, 6.45) is 1.35. The van der Waals surface area contributed by atoms with Crippen LogP contribution in [0.1, 0.15) is 0 Å². The lowest BCUT2D eigenvalue weighted by atomic mass is 10.1. The Morgan fingerprint density at radius 1 is 1.24 bits per heavy atom. The van der Waals surface area contributed by atoms with Gasteiger partial charge in [-0.15, -0.1) is 11.3 Å². The smallest absolute Gasteiger partial charge is 0.263 e. The van der Waals surface area contributed by atoms with E-state index in [0.29, 0.717) is 32.1 Å². The molecule has 9 heteroatoms. The molecule has 0 unspecified atom stereocenters. The van der Waals surface area contributed by atoms with E-state index in [-0.39, 0.29) is 17.9 Å². The van der Waals surface area contributed by atoms with Gasteiger partial charge in [0.25, 0.3) is 5.56 Å². The minimum Gasteiger partial charge on any atom is -0.323 e. The second-order valence-electron chi connectivity index (χ2n) is 6.19. The van der Waals surface area contributed by atoms with E-state index in [9.17, 15) is 14.0 Å². The van der Waals surface area contributed by atoms with Gasteiger partial charge in [0, 0.05) is 15.4 Å². The summed E-state index contributed by atoms with van der Waals surface area (Å²) in [5, 5.41) is 5.27. The molecule has 0 fully saturated rings. The van der Waals surface area contributed by atoms with Gasteiger partial charge in [0.1, 0.15) is 17.2 Å². The van der Waals surface area contributed by atoms with Gasteiger partial charge in [0.05, 0.1) is 22.4 Å². The molecule has 2 aromatic carbocycles. The number of hydrogen-bond donors (Lipinski definition) is 1. The van der Waals surface area contributed by atoms with Gasteiger partial charge in [-0.25, -0.2) is 9.37 Å². The van der Waals surface area contributed by atoms with E-state index >= 15 is 0 Å². The first-order valence-electron chi connectivity index (χ1n) is 8.40. The van der Waals surface area contributed by atoms with E-state index in [2.05, 4.69) is 26.2 Å². The highest BCUT2D eigenvalue weighted by Gasteiger charge is 2.15. The Labute approximate surface area is 181 Å². The Kier molecular flexibility index (Phi) is 5.49. The average molecular weight is 493 g/mol. The minimum atomic E-state index is -0.406. The Bertz CT molecular complexity index is 1290. The highest BCUT2D eigenvalue weighted by molar-refractivity contribution is 9.10. The molecule has 1 N–H and O–H groups in total. The number of hydrogen-bond acceptors (Lipinski definition) is 4. The lowest BCUT2D eigenvalue weighted by molar-refractivity contribution is -0.116. The second kappa shape index (κ2) is 8.06. The molecular weight excluding hydrogens is 481 g/mol. The number of carbonyl (C=O) groups is 1. The first kappa shape index (κ1) is 19.8. The van der Waals surface area contributed by atoms with Crippen LogP contribution in [0, 0.1) is 5.82 Å². The van der Waals surface area contributed by atoms with E-state index in [1.165, 1.54) is 34.4 Å². The first-order chi connectivity index (χ1) is 13.9. The molecule has 29 heavy (non-hydrogen) atoms. The van der Waals surface area contributed by atoms with E-state index in [4.69, 9.17) is 11.6 Å². The number of anilines is 1. The molecule has 0 saturated heterocycles. The van der Waals surface area contributed by atoms with Crippen molar-refractivity contribution in [1.29, 1.82) is 0 Å². The molecule has 2 heterocycles. The summed E-state index contributed by atoms with van der Waals surface area (Å²) >= 11 is 10.7. The summed E-state index contributed by atoms with van der Waals surface area (Å²) in [6.45, 7) is -0.215. The molecule has 0 aliphatic heterocycles. The molecule has 146 valence electrons. The molecule has 0 bridgehead atoms. The highest BCUT2D eigenvalue weighted by atomic mass is 79.9. The van der Waals surface area contributed by atoms with Gasteiger partial charge in [-0.1, -0.05) is 39.7 Å². The van der Waals surface area contributed by atoms with Crippen molar-refractivity contribution in [3.05, 3.63) is 79.8 Å². The van der Waals surface area contributed by atoms with Crippen LogP contribution in [-0.2, 0) is 11.3 Å². The number of nitrogens with one attached hydrogen (secondary N) is 1. The van der Waals surface area contributed by atoms with Crippen LogP contribution in [0.5, 0.6) is 0 Å². The fourth-order valence-corrected chi connectivity index (χ4v) is 4.48. The zero-order valence-electron chi connectivity index (χ0n) is 14.7. The number of halogens is 3. The lowest BCUT2D eigenvalue weighted by Gasteiger charge is -2.09. The summed E-state index contributed by atoms with van der Waals surface area (Å²) < 4.78 is 15.3. The third-order valence-electron chi connectivity index (χ3n) is 4.24. The molecular formula is C20H12BrClFN3O2S. The minimum absolute atomic E-state index is 0.215. The average Bonchev–Trinajstić information content (AvgIpc) is 3.12. The Hall–Kier alpha value is -2.55. The summed E-state index contributed by atoms with van der Waals surface area (Å²) in [5.41, 5.74) is 1.48. The lowest BCUT2D eigenvalue weighted by Crippen LogP contribution is -2.27. The SMILES string of the molecule is O=C(Cn1cnc2scc(-c3ccc(F)cc3)c2c1=O)Nc1ccc(Br)cc1Cl. The molecule has 4 rings (SSSR count). The predicted molar refractivity (Wildman–Crippen MR) is 117 cm³/mol. The fraction of sp³-hybridized carbons (Fsp3) is 0.0500. The first-order valence-corrected chi connectivity index (χ1v) is 10.4. The molecule has 1 amide bonds. The molecule has 0 spiro atoms. The number of fused-ring (bicyclic) bond motifs is 1. The maximum absolute atomic E-state index is 13.2. The topological polar surface area (TPSA) is 64.0 Å². The summed E-state index contributed by atoms with van der Waals surface area (Å²) in [7, 11) is 0. The highest BCUT2D eigenvalue weighted by Crippen LogP contribution is 2.30. The maximum atomic E-state index is 13.2. The van der Waals surface area contributed by atoms with Crippen molar-refractivity contribution in [3.8, 4) is 11.1 Å². The zero-order valence-corrected chi connectivity index (χ0v) is 17.8. The third-order valence-corrected chi connectivity index (χ3v) is 5.93. The van der Waals surface area contributed by atoms with Crippen molar-refractivity contribution in [2.24, 2.45) is 0 Å². The van der Waals surface area contributed by atoms with Gasteiger partial charge < -0.3 is 5.32 Å². The quantitative estimate of drug-likeness (QED) is 0.419. The number of carbonyl (C=O) groups excluding carboxylic acids is 1. The number of thiophene rings is 1. The third kappa shape index (κ3) is 4.10. The van der Waals surface area contributed by atoms with E-state index in [1.54, 1.807) is 35.7 Å². The van der Waals surface area contributed by atoms with Gasteiger partial charge in [-0.05, 0) is 35.9 Å². The second-order valence-corrected chi connectivity index (χ2v) is 8.37. The van der Waals surface area contributed by atoms with Crippen LogP contribution in [0.3, 0.4) is 0 Å². The van der Waals surface area contributed by atoms with Crippen molar-refractivity contribution < 1.29 is 9.18 Å². The number of benzene rings is 2. The van der Waals surface area contributed by atoms with Crippen LogP contribution >= 0.6 is 38.9 Å². The number of aromatic nitrogens is 2. The van der Waals surface area contributed by atoms with Gasteiger partial charge in [-0.2, -0.15) is 0 Å². The number of amides is 1. The molecule has 0 saturated carbocycles. The van der Waals surface area contributed by atoms with Crippen LogP contribution < -0.4 is 10.9 Å². The molecule has 0 radical (unpaired) electrons. The molecule has 5 nitrogen and oxygen atoms in total. The Balaban J connectivity index is 1.65. The fourth-order valence-electron chi connectivity index (χ4n) is 2.86. The van der Waals surface area contributed by atoms with Crippen LogP contribution in [0.2, 0.25) is 5.02 Å². The van der Waals surface area contributed by atoms with E-state index in [0.717, 1.165) is 4.47 Å². The van der Waals surface area contributed by atoms with Crippen molar-refractivity contribution in [2.45, 2.75) is 6.54 Å². The van der Waals surface area contributed by atoms with Crippen LogP contribution in [-0.4, -0.2) is 15.5 Å². The predicted octanol–water partition coefficient (Wildman–Crippen LogP) is 5.32. The van der Waals surface area contributed by atoms with E-state index < -0.39 is 5.91 Å². The van der Waals surface area contributed by atoms with Crippen molar-refractivity contribution >= 4 is 60.7 Å². The van der Waals surface area contributed by atoms with Crippen LogP contribution in [0.25, 0.3) is 21.3 Å². The van der Waals surface area contributed by atoms with Crippen LogP contribution in [0.15, 0.2) is 63.4 Å². The zero-order chi connectivity index (χ0) is 20.5.